The first kappa shape index (κ1) is 12.8. The minimum atomic E-state index is 0.316. The lowest BCUT2D eigenvalue weighted by atomic mass is 10.1. The van der Waals surface area contributed by atoms with Gasteiger partial charge in [-0.25, -0.2) is 0 Å². The molecule has 3 heteroatoms. The van der Waals surface area contributed by atoms with Crippen LogP contribution in [0.4, 0.5) is 11.4 Å². The smallest absolute Gasteiger partial charge is 0.0577 e. The summed E-state index contributed by atoms with van der Waals surface area (Å²) in [7, 11) is 0. The minimum absolute atomic E-state index is 0.316. The van der Waals surface area contributed by atoms with Crippen LogP contribution in [0.5, 0.6) is 0 Å². The van der Waals surface area contributed by atoms with Gasteiger partial charge >= 0.3 is 0 Å². The van der Waals surface area contributed by atoms with Crippen LogP contribution in [0.15, 0.2) is 48.5 Å². The number of hydrogen-bond acceptors (Lipinski definition) is 2. The Kier molecular flexibility index (Phi) is 4.11. The first-order chi connectivity index (χ1) is 8.65. The fraction of sp³-hybridized carbons (Fsp3) is 0.200. The zero-order valence-corrected chi connectivity index (χ0v) is 11.1. The van der Waals surface area contributed by atoms with Gasteiger partial charge in [-0.05, 0) is 37.1 Å². The number of rotatable bonds is 4. The third kappa shape index (κ3) is 3.41. The lowest BCUT2D eigenvalue weighted by Crippen LogP contribution is -2.18. The van der Waals surface area contributed by atoms with Crippen molar-refractivity contribution in [3.05, 3.63) is 59.1 Å². The van der Waals surface area contributed by atoms with Crippen LogP contribution in [-0.2, 0) is 6.42 Å². The molecule has 18 heavy (non-hydrogen) atoms. The Morgan fingerprint density at radius 2 is 1.89 bits per heavy atom. The normalized spacial score (nSPS) is 12.1. The summed E-state index contributed by atoms with van der Waals surface area (Å²) < 4.78 is 0. The van der Waals surface area contributed by atoms with Crippen molar-refractivity contribution in [1.29, 1.82) is 0 Å². The maximum absolute atomic E-state index is 5.92. The summed E-state index contributed by atoms with van der Waals surface area (Å²) in [4.78, 5) is 0. The van der Waals surface area contributed by atoms with Crippen molar-refractivity contribution in [3.63, 3.8) is 0 Å². The lowest BCUT2D eigenvalue weighted by molar-refractivity contribution is 0.791. The van der Waals surface area contributed by atoms with E-state index in [1.54, 1.807) is 6.07 Å². The van der Waals surface area contributed by atoms with E-state index in [9.17, 15) is 0 Å². The molecule has 0 aliphatic heterocycles. The van der Waals surface area contributed by atoms with E-state index >= 15 is 0 Å². The van der Waals surface area contributed by atoms with Crippen LogP contribution < -0.4 is 11.1 Å². The van der Waals surface area contributed by atoms with Gasteiger partial charge in [0.1, 0.15) is 0 Å². The summed E-state index contributed by atoms with van der Waals surface area (Å²) in [5.74, 6) is 0. The molecule has 94 valence electrons. The van der Waals surface area contributed by atoms with Crippen molar-refractivity contribution in [2.45, 2.75) is 19.4 Å². The van der Waals surface area contributed by atoms with Gasteiger partial charge in [-0.3, -0.25) is 0 Å². The molecule has 0 saturated carbocycles. The second kappa shape index (κ2) is 5.78. The summed E-state index contributed by atoms with van der Waals surface area (Å²) >= 11 is 5.88. The maximum Gasteiger partial charge on any atom is 0.0577 e. The average Bonchev–Trinajstić information content (AvgIpc) is 2.34. The first-order valence-corrected chi connectivity index (χ1v) is 6.38. The third-order valence-electron chi connectivity index (χ3n) is 2.80. The van der Waals surface area contributed by atoms with E-state index in [1.165, 1.54) is 5.56 Å². The molecule has 0 aliphatic rings. The maximum atomic E-state index is 5.92. The van der Waals surface area contributed by atoms with Gasteiger partial charge in [-0.1, -0.05) is 41.9 Å². The SMILES string of the molecule is CC(Cc1ccccc1)Nc1ccc(Cl)cc1N. The van der Waals surface area contributed by atoms with Crippen molar-refractivity contribution >= 4 is 23.0 Å². The highest BCUT2D eigenvalue weighted by atomic mass is 35.5. The van der Waals surface area contributed by atoms with Gasteiger partial charge in [-0.15, -0.1) is 0 Å². The molecule has 0 saturated heterocycles. The molecule has 0 spiro atoms. The summed E-state index contributed by atoms with van der Waals surface area (Å²) in [6, 6.07) is 16.2. The number of nitrogens with two attached hydrogens (primary N) is 1. The Hall–Kier alpha value is -1.67. The summed E-state index contributed by atoms with van der Waals surface area (Å²) in [6.07, 6.45) is 0.961. The molecule has 2 nitrogen and oxygen atoms in total. The number of benzene rings is 2. The molecule has 0 amide bonds. The highest BCUT2D eigenvalue weighted by Crippen LogP contribution is 2.23. The van der Waals surface area contributed by atoms with Crippen molar-refractivity contribution < 1.29 is 0 Å². The fourth-order valence-corrected chi connectivity index (χ4v) is 2.13. The minimum Gasteiger partial charge on any atom is -0.397 e. The Morgan fingerprint density at radius 1 is 1.17 bits per heavy atom. The lowest BCUT2D eigenvalue weighted by Gasteiger charge is -2.17. The topological polar surface area (TPSA) is 38.0 Å². The number of nitrogen functional groups attached to an aromatic ring is 1. The molecule has 1 unspecified atom stereocenters. The van der Waals surface area contributed by atoms with E-state index in [0.717, 1.165) is 12.1 Å². The van der Waals surface area contributed by atoms with Crippen LogP contribution in [0.3, 0.4) is 0 Å². The van der Waals surface area contributed by atoms with Crippen molar-refractivity contribution in [3.8, 4) is 0 Å². The fourth-order valence-electron chi connectivity index (χ4n) is 1.95. The Morgan fingerprint density at radius 3 is 2.56 bits per heavy atom. The number of hydrogen-bond donors (Lipinski definition) is 2. The van der Waals surface area contributed by atoms with Crippen molar-refractivity contribution in [2.24, 2.45) is 0 Å². The molecule has 1 atom stereocenters. The molecule has 0 radical (unpaired) electrons. The van der Waals surface area contributed by atoms with Crippen molar-refractivity contribution in [1.82, 2.24) is 0 Å². The van der Waals surface area contributed by atoms with Gasteiger partial charge in [0.25, 0.3) is 0 Å². The van der Waals surface area contributed by atoms with E-state index < -0.39 is 0 Å². The standard InChI is InChI=1S/C15H17ClN2/c1-11(9-12-5-3-2-4-6-12)18-15-8-7-13(16)10-14(15)17/h2-8,10-11,18H,9,17H2,1H3. The third-order valence-corrected chi connectivity index (χ3v) is 3.04. The molecule has 2 aromatic carbocycles. The summed E-state index contributed by atoms with van der Waals surface area (Å²) in [6.45, 7) is 2.14. The van der Waals surface area contributed by atoms with Gasteiger partial charge in [0.15, 0.2) is 0 Å². The molecule has 0 aliphatic carbocycles. The summed E-state index contributed by atoms with van der Waals surface area (Å²) in [5.41, 5.74) is 8.84. The van der Waals surface area contributed by atoms with Gasteiger partial charge in [0.2, 0.25) is 0 Å². The van der Waals surface area contributed by atoms with Crippen LogP contribution in [0.1, 0.15) is 12.5 Å². The second-order valence-electron chi connectivity index (χ2n) is 4.47. The number of halogens is 1. The van der Waals surface area contributed by atoms with Crippen LogP contribution in [0.25, 0.3) is 0 Å². The molecule has 3 N–H and O–H groups in total. The van der Waals surface area contributed by atoms with Gasteiger partial charge in [0, 0.05) is 11.1 Å². The first-order valence-electron chi connectivity index (χ1n) is 6.00. The zero-order valence-electron chi connectivity index (χ0n) is 10.4. The molecule has 0 aromatic heterocycles. The van der Waals surface area contributed by atoms with Gasteiger partial charge < -0.3 is 11.1 Å². The number of nitrogens with one attached hydrogen (secondary N) is 1. The Balaban J connectivity index is 2.01. The van der Waals surface area contributed by atoms with Gasteiger partial charge in [-0.2, -0.15) is 0 Å². The molecule has 2 rings (SSSR count). The average molecular weight is 261 g/mol. The number of anilines is 2. The van der Waals surface area contributed by atoms with Crippen molar-refractivity contribution in [2.75, 3.05) is 11.1 Å². The molecule has 2 aromatic rings. The molecule has 0 bridgehead atoms. The van der Waals surface area contributed by atoms with E-state index in [2.05, 4.69) is 36.5 Å². The van der Waals surface area contributed by atoms with Crippen LogP contribution in [-0.4, -0.2) is 6.04 Å². The summed E-state index contributed by atoms with van der Waals surface area (Å²) in [5, 5.41) is 4.06. The zero-order chi connectivity index (χ0) is 13.0. The van der Waals surface area contributed by atoms with E-state index in [-0.39, 0.29) is 0 Å². The van der Waals surface area contributed by atoms with Crippen LogP contribution in [0, 0.1) is 0 Å². The van der Waals surface area contributed by atoms with E-state index in [0.29, 0.717) is 16.8 Å². The van der Waals surface area contributed by atoms with Crippen LogP contribution in [0.2, 0.25) is 5.02 Å². The highest BCUT2D eigenvalue weighted by Gasteiger charge is 2.06. The molecule has 0 fully saturated rings. The van der Waals surface area contributed by atoms with E-state index in [1.807, 2.05) is 18.2 Å². The Labute approximate surface area is 113 Å². The predicted molar refractivity (Wildman–Crippen MR) is 79.1 cm³/mol. The quantitative estimate of drug-likeness (QED) is 0.817. The molecule has 0 heterocycles. The molecular weight excluding hydrogens is 244 g/mol. The van der Waals surface area contributed by atoms with E-state index in [4.69, 9.17) is 17.3 Å². The second-order valence-corrected chi connectivity index (χ2v) is 4.90. The van der Waals surface area contributed by atoms with Crippen LogP contribution >= 0.6 is 11.6 Å². The van der Waals surface area contributed by atoms with Gasteiger partial charge in [0.05, 0.1) is 11.4 Å². The molecular formula is C15H17ClN2. The monoisotopic (exact) mass is 260 g/mol. The Bertz CT molecular complexity index is 511. The predicted octanol–water partition coefficient (Wildman–Crippen LogP) is 3.97. The largest absolute Gasteiger partial charge is 0.397 e. The highest BCUT2D eigenvalue weighted by molar-refractivity contribution is 6.31.